The van der Waals surface area contributed by atoms with Crippen LogP contribution in [0.1, 0.15) is 34.6 Å². The Morgan fingerprint density at radius 2 is 1.62 bits per heavy atom. The minimum atomic E-state index is -2.27. The van der Waals surface area contributed by atoms with E-state index in [9.17, 15) is 9.00 Å². The van der Waals surface area contributed by atoms with Gasteiger partial charge in [0.2, 0.25) is 0 Å². The second-order valence-electron chi connectivity index (χ2n) is 4.00. The third kappa shape index (κ3) is 3.89. The molecule has 0 radical (unpaired) electrons. The van der Waals surface area contributed by atoms with Crippen molar-refractivity contribution >= 4 is 15.6 Å². The van der Waals surface area contributed by atoms with Gasteiger partial charge in [0.15, 0.2) is 0 Å². The monoisotopic (exact) mass is 205 g/mol. The van der Waals surface area contributed by atoms with Crippen LogP contribution in [0.25, 0.3) is 0 Å². The van der Waals surface area contributed by atoms with Crippen LogP contribution in [0.15, 0.2) is 4.36 Å². The lowest BCUT2D eigenvalue weighted by Crippen LogP contribution is -2.20. The first kappa shape index (κ1) is 12.6. The molecule has 4 heteroatoms. The molecule has 78 valence electrons. The predicted octanol–water partition coefficient (Wildman–Crippen LogP) is 2.07. The number of amides is 1. The topological polar surface area (TPSA) is 46.5 Å². The van der Waals surface area contributed by atoms with Crippen molar-refractivity contribution in [2.45, 2.75) is 34.6 Å². The summed E-state index contributed by atoms with van der Waals surface area (Å²) in [4.78, 5) is 11.5. The molecule has 0 spiro atoms. The number of nitrogens with zero attached hydrogens (tertiary/aromatic N) is 1. The van der Waals surface area contributed by atoms with Gasteiger partial charge in [0.25, 0.3) is 5.91 Å². The maximum Gasteiger partial charge on any atom is 0.259 e. The summed E-state index contributed by atoms with van der Waals surface area (Å²) in [6.07, 6.45) is 0. The van der Waals surface area contributed by atoms with Gasteiger partial charge < -0.3 is 0 Å². The fraction of sp³-hybridized carbons (Fsp3) is 0.889. The van der Waals surface area contributed by atoms with E-state index in [1.165, 1.54) is 0 Å². The average molecular weight is 205 g/mol. The normalized spacial score (nSPS) is 12.7. The maximum atomic E-state index is 11.8. The van der Waals surface area contributed by atoms with E-state index in [-0.39, 0.29) is 5.91 Å². The Labute approximate surface area is 81.1 Å². The minimum absolute atomic E-state index is 0.263. The van der Waals surface area contributed by atoms with Crippen molar-refractivity contribution in [2.24, 2.45) is 9.78 Å². The number of rotatable bonds is 2. The first-order valence-corrected chi connectivity index (χ1v) is 6.37. The SMILES string of the molecule is CCS(=O)(CC)=NC(=O)C(C)(C)C. The number of hydrogen-bond donors (Lipinski definition) is 0. The zero-order chi connectivity index (χ0) is 10.7. The molecule has 0 aliphatic carbocycles. The van der Waals surface area contributed by atoms with Crippen LogP contribution in [0.5, 0.6) is 0 Å². The molecule has 1 amide bonds. The third-order valence-electron chi connectivity index (χ3n) is 1.79. The largest absolute Gasteiger partial charge is 0.271 e. The summed E-state index contributed by atoms with van der Waals surface area (Å²) in [5.74, 6) is 0.637. The Morgan fingerprint density at radius 1 is 1.23 bits per heavy atom. The van der Waals surface area contributed by atoms with E-state index in [1.54, 1.807) is 34.6 Å². The second-order valence-corrected chi connectivity index (χ2v) is 6.88. The van der Waals surface area contributed by atoms with Crippen LogP contribution < -0.4 is 0 Å². The molecule has 0 aromatic heterocycles. The molecular formula is C9H19NO2S. The van der Waals surface area contributed by atoms with Gasteiger partial charge in [-0.1, -0.05) is 34.6 Å². The Hall–Kier alpha value is -0.380. The van der Waals surface area contributed by atoms with Crippen molar-refractivity contribution in [1.82, 2.24) is 0 Å². The molecule has 0 aliphatic heterocycles. The summed E-state index contributed by atoms with van der Waals surface area (Å²) in [5, 5.41) is 0. The highest BCUT2D eigenvalue weighted by molar-refractivity contribution is 7.93. The predicted molar refractivity (Wildman–Crippen MR) is 56.1 cm³/mol. The maximum absolute atomic E-state index is 11.8. The molecule has 0 heterocycles. The van der Waals surface area contributed by atoms with Crippen molar-refractivity contribution in [3.8, 4) is 0 Å². The molecule has 0 fully saturated rings. The number of carbonyl (C=O) groups is 1. The lowest BCUT2D eigenvalue weighted by Gasteiger charge is -2.13. The fourth-order valence-electron chi connectivity index (χ4n) is 0.621. The molecule has 0 rings (SSSR count). The van der Waals surface area contributed by atoms with Gasteiger partial charge in [-0.3, -0.25) is 4.79 Å². The first-order chi connectivity index (χ1) is 5.75. The van der Waals surface area contributed by atoms with Gasteiger partial charge in [0.1, 0.15) is 0 Å². The molecule has 0 saturated carbocycles. The van der Waals surface area contributed by atoms with Crippen LogP contribution in [0.3, 0.4) is 0 Å². The zero-order valence-electron chi connectivity index (χ0n) is 9.09. The molecule has 0 saturated heterocycles. The van der Waals surface area contributed by atoms with Crippen LogP contribution >= 0.6 is 0 Å². The van der Waals surface area contributed by atoms with Crippen molar-refractivity contribution in [3.63, 3.8) is 0 Å². The minimum Gasteiger partial charge on any atom is -0.271 e. The quantitative estimate of drug-likeness (QED) is 0.692. The van der Waals surface area contributed by atoms with Gasteiger partial charge in [0, 0.05) is 16.9 Å². The molecule has 0 aromatic carbocycles. The Kier molecular flexibility index (Phi) is 4.10. The molecule has 3 nitrogen and oxygen atoms in total. The Morgan fingerprint density at radius 3 is 1.85 bits per heavy atom. The molecule has 13 heavy (non-hydrogen) atoms. The summed E-state index contributed by atoms with van der Waals surface area (Å²) < 4.78 is 15.6. The summed E-state index contributed by atoms with van der Waals surface area (Å²) in [6, 6.07) is 0. The molecule has 0 aliphatic rings. The average Bonchev–Trinajstić information content (AvgIpc) is 2.02. The van der Waals surface area contributed by atoms with Gasteiger partial charge in [0.05, 0.1) is 9.73 Å². The van der Waals surface area contributed by atoms with E-state index in [2.05, 4.69) is 4.36 Å². The van der Waals surface area contributed by atoms with E-state index < -0.39 is 15.1 Å². The Bertz CT molecular complexity index is 283. The zero-order valence-corrected chi connectivity index (χ0v) is 9.90. The number of hydrogen-bond acceptors (Lipinski definition) is 2. The third-order valence-corrected chi connectivity index (χ3v) is 4.10. The van der Waals surface area contributed by atoms with Crippen molar-refractivity contribution in [3.05, 3.63) is 0 Å². The number of carbonyl (C=O) groups excluding carboxylic acids is 1. The van der Waals surface area contributed by atoms with Crippen molar-refractivity contribution in [2.75, 3.05) is 11.5 Å². The molecule has 0 aromatic rings. The van der Waals surface area contributed by atoms with Gasteiger partial charge >= 0.3 is 0 Å². The van der Waals surface area contributed by atoms with Gasteiger partial charge in [-0.05, 0) is 0 Å². The smallest absolute Gasteiger partial charge is 0.259 e. The first-order valence-electron chi connectivity index (χ1n) is 4.52. The Balaban J connectivity index is 4.96. The van der Waals surface area contributed by atoms with Crippen LogP contribution in [0.4, 0.5) is 0 Å². The molecule has 0 atom stereocenters. The summed E-state index contributed by atoms with van der Waals surface area (Å²) in [5.41, 5.74) is -0.521. The van der Waals surface area contributed by atoms with E-state index in [1.807, 2.05) is 0 Å². The van der Waals surface area contributed by atoms with E-state index in [0.717, 1.165) is 0 Å². The van der Waals surface area contributed by atoms with Crippen LogP contribution in [0.2, 0.25) is 0 Å². The van der Waals surface area contributed by atoms with Crippen LogP contribution in [-0.4, -0.2) is 21.6 Å². The highest BCUT2D eigenvalue weighted by atomic mass is 32.2. The molecule has 0 bridgehead atoms. The van der Waals surface area contributed by atoms with E-state index >= 15 is 0 Å². The standard InChI is InChI=1S/C9H19NO2S/c1-6-13(12,7-2)10-8(11)9(3,4)5/h6-7H2,1-5H3. The lowest BCUT2D eigenvalue weighted by atomic mass is 9.96. The lowest BCUT2D eigenvalue weighted by molar-refractivity contribution is -0.124. The second kappa shape index (κ2) is 4.22. The summed E-state index contributed by atoms with van der Waals surface area (Å²) >= 11 is 0. The van der Waals surface area contributed by atoms with Crippen molar-refractivity contribution in [1.29, 1.82) is 0 Å². The summed E-state index contributed by atoms with van der Waals surface area (Å²) in [6.45, 7) is 8.94. The van der Waals surface area contributed by atoms with Gasteiger partial charge in [-0.25, -0.2) is 4.21 Å². The highest BCUT2D eigenvalue weighted by Gasteiger charge is 2.22. The highest BCUT2D eigenvalue weighted by Crippen LogP contribution is 2.16. The van der Waals surface area contributed by atoms with Gasteiger partial charge in [-0.15, -0.1) is 0 Å². The molecular weight excluding hydrogens is 186 g/mol. The van der Waals surface area contributed by atoms with Crippen molar-refractivity contribution < 1.29 is 9.00 Å². The molecule has 0 N–H and O–H groups in total. The van der Waals surface area contributed by atoms with Crippen LogP contribution in [-0.2, 0) is 14.5 Å². The van der Waals surface area contributed by atoms with E-state index in [4.69, 9.17) is 0 Å². The fourth-order valence-corrected chi connectivity index (χ4v) is 1.86. The molecule has 0 unspecified atom stereocenters. The van der Waals surface area contributed by atoms with Crippen LogP contribution in [0, 0.1) is 5.41 Å². The van der Waals surface area contributed by atoms with Gasteiger partial charge in [-0.2, -0.15) is 4.36 Å². The van der Waals surface area contributed by atoms with E-state index in [0.29, 0.717) is 11.5 Å². The summed E-state index contributed by atoms with van der Waals surface area (Å²) in [7, 11) is -2.27.